The summed E-state index contributed by atoms with van der Waals surface area (Å²) in [4.78, 5) is 38.2. The van der Waals surface area contributed by atoms with E-state index in [0.29, 0.717) is 25.0 Å². The Kier molecular flexibility index (Phi) is 3.87. The van der Waals surface area contributed by atoms with Crippen LogP contribution < -0.4 is 11.1 Å². The van der Waals surface area contributed by atoms with Gasteiger partial charge in [-0.05, 0) is 26.2 Å². The third-order valence-corrected chi connectivity index (χ3v) is 6.79. The van der Waals surface area contributed by atoms with Crippen LogP contribution in [0.5, 0.6) is 0 Å². The number of primary amides is 1. The summed E-state index contributed by atoms with van der Waals surface area (Å²) in [5.41, 5.74) is 4.64. The second kappa shape index (κ2) is 5.44. The van der Waals surface area contributed by atoms with Gasteiger partial charge in [0.2, 0.25) is 17.7 Å². The molecule has 3 rings (SSSR count). The fourth-order valence-electron chi connectivity index (χ4n) is 3.92. The topological polar surface area (TPSA) is 92.5 Å². The number of nitrogens with zero attached hydrogens (tertiary/aromatic N) is 1. The summed E-state index contributed by atoms with van der Waals surface area (Å²) in [5.74, 6) is -0.0681. The molecule has 122 valence electrons. The number of nitrogens with one attached hydrogen (secondary N) is 1. The molecule has 1 saturated carbocycles. The van der Waals surface area contributed by atoms with Crippen LogP contribution in [0.25, 0.3) is 0 Å². The molecule has 2 aliphatic heterocycles. The Morgan fingerprint density at radius 3 is 2.59 bits per heavy atom. The number of hydrogen-bond acceptors (Lipinski definition) is 4. The Bertz CT molecular complexity index is 518. The van der Waals surface area contributed by atoms with Crippen molar-refractivity contribution in [3.8, 4) is 0 Å². The molecule has 22 heavy (non-hydrogen) atoms. The van der Waals surface area contributed by atoms with Crippen LogP contribution in [0.4, 0.5) is 0 Å². The van der Waals surface area contributed by atoms with Gasteiger partial charge in [0, 0.05) is 12.2 Å². The number of rotatable bonds is 3. The smallest absolute Gasteiger partial charge is 0.244 e. The van der Waals surface area contributed by atoms with Crippen LogP contribution in [0, 0.1) is 0 Å². The van der Waals surface area contributed by atoms with Crippen molar-refractivity contribution in [3.63, 3.8) is 0 Å². The summed E-state index contributed by atoms with van der Waals surface area (Å²) in [6.07, 6.45) is 5.31. The number of hydrogen-bond donors (Lipinski definition) is 2. The van der Waals surface area contributed by atoms with Gasteiger partial charge < -0.3 is 16.0 Å². The minimum Gasteiger partial charge on any atom is -0.368 e. The van der Waals surface area contributed by atoms with Gasteiger partial charge in [-0.1, -0.05) is 19.3 Å². The van der Waals surface area contributed by atoms with Crippen molar-refractivity contribution in [2.24, 2.45) is 5.73 Å². The Hall–Kier alpha value is -1.24. The number of amides is 3. The molecule has 3 amide bonds. The Balaban J connectivity index is 1.76. The van der Waals surface area contributed by atoms with Gasteiger partial charge in [0.1, 0.15) is 11.6 Å². The Labute approximate surface area is 134 Å². The molecular weight excluding hydrogens is 302 g/mol. The summed E-state index contributed by atoms with van der Waals surface area (Å²) in [6, 6.07) is -0.483. The van der Waals surface area contributed by atoms with Crippen LogP contribution in [0.1, 0.15) is 51.9 Å². The van der Waals surface area contributed by atoms with E-state index in [9.17, 15) is 14.4 Å². The van der Waals surface area contributed by atoms with E-state index in [0.717, 1.165) is 25.7 Å². The van der Waals surface area contributed by atoms with Crippen LogP contribution in [0.2, 0.25) is 0 Å². The number of nitrogens with two attached hydrogens (primary N) is 1. The lowest BCUT2D eigenvalue weighted by atomic mass is 9.81. The molecule has 0 aromatic rings. The SMILES string of the molecule is C[C@@]12CCC(=O)N1[C@@H](C(=O)NC1(C(N)=O)CCCCC1)CS2. The minimum atomic E-state index is -0.929. The lowest BCUT2D eigenvalue weighted by Gasteiger charge is -2.37. The van der Waals surface area contributed by atoms with Gasteiger partial charge in [0.15, 0.2) is 0 Å². The monoisotopic (exact) mass is 325 g/mol. The van der Waals surface area contributed by atoms with E-state index in [1.54, 1.807) is 16.7 Å². The molecule has 0 radical (unpaired) electrons. The maximum atomic E-state index is 12.7. The van der Waals surface area contributed by atoms with Gasteiger partial charge in [-0.2, -0.15) is 0 Å². The van der Waals surface area contributed by atoms with Crippen molar-refractivity contribution in [2.45, 2.75) is 68.3 Å². The van der Waals surface area contributed by atoms with E-state index in [2.05, 4.69) is 5.32 Å². The van der Waals surface area contributed by atoms with Crippen LogP contribution in [-0.2, 0) is 14.4 Å². The summed E-state index contributed by atoms with van der Waals surface area (Å²) in [5, 5.41) is 2.90. The summed E-state index contributed by atoms with van der Waals surface area (Å²) in [7, 11) is 0. The maximum absolute atomic E-state index is 12.7. The van der Waals surface area contributed by atoms with Crippen molar-refractivity contribution in [2.75, 3.05) is 5.75 Å². The van der Waals surface area contributed by atoms with Crippen LogP contribution in [-0.4, -0.2) is 44.8 Å². The van der Waals surface area contributed by atoms with Crippen LogP contribution in [0.15, 0.2) is 0 Å². The van der Waals surface area contributed by atoms with Crippen molar-refractivity contribution in [3.05, 3.63) is 0 Å². The van der Waals surface area contributed by atoms with E-state index in [1.165, 1.54) is 0 Å². The van der Waals surface area contributed by atoms with Gasteiger partial charge in [0.05, 0.1) is 4.87 Å². The molecular formula is C15H23N3O3S. The highest BCUT2D eigenvalue weighted by Crippen LogP contribution is 2.47. The molecule has 0 aromatic carbocycles. The zero-order valence-electron chi connectivity index (χ0n) is 12.9. The zero-order valence-corrected chi connectivity index (χ0v) is 13.7. The zero-order chi connectivity index (χ0) is 16.0. The van der Waals surface area contributed by atoms with Gasteiger partial charge in [-0.25, -0.2) is 0 Å². The molecule has 3 fully saturated rings. The molecule has 0 aromatic heterocycles. The second-order valence-corrected chi connectivity index (χ2v) is 8.26. The second-order valence-electron chi connectivity index (χ2n) is 6.76. The number of carbonyl (C=O) groups is 3. The first-order chi connectivity index (χ1) is 10.4. The first-order valence-electron chi connectivity index (χ1n) is 7.96. The molecule has 2 atom stereocenters. The number of thioether (sulfide) groups is 1. The molecule has 3 N–H and O–H groups in total. The molecule has 0 unspecified atom stereocenters. The van der Waals surface area contributed by atoms with E-state index < -0.39 is 17.5 Å². The van der Waals surface area contributed by atoms with Gasteiger partial charge in [-0.3, -0.25) is 14.4 Å². The summed E-state index contributed by atoms with van der Waals surface area (Å²) in [6.45, 7) is 2.01. The standard InChI is InChI=1S/C15H23N3O3S/c1-14-8-5-11(19)18(14)10(9-22-14)12(20)17-15(13(16)21)6-3-2-4-7-15/h10H,2-9H2,1H3,(H2,16,21)(H,17,20)/t10-,14-/m1/s1. The van der Waals surface area contributed by atoms with Crippen molar-refractivity contribution in [1.82, 2.24) is 10.2 Å². The van der Waals surface area contributed by atoms with E-state index in [4.69, 9.17) is 5.73 Å². The van der Waals surface area contributed by atoms with Crippen molar-refractivity contribution >= 4 is 29.5 Å². The third-order valence-electron chi connectivity index (χ3n) is 5.29. The van der Waals surface area contributed by atoms with E-state index >= 15 is 0 Å². The molecule has 0 spiro atoms. The average Bonchev–Trinajstić information content (AvgIpc) is 2.97. The maximum Gasteiger partial charge on any atom is 0.244 e. The highest BCUT2D eigenvalue weighted by atomic mass is 32.2. The minimum absolute atomic E-state index is 0.0319. The fraction of sp³-hybridized carbons (Fsp3) is 0.800. The normalized spacial score (nSPS) is 33.6. The first-order valence-corrected chi connectivity index (χ1v) is 8.95. The number of carbonyl (C=O) groups excluding carboxylic acids is 3. The fourth-order valence-corrected chi connectivity index (χ4v) is 5.35. The summed E-state index contributed by atoms with van der Waals surface area (Å²) >= 11 is 1.65. The molecule has 1 aliphatic carbocycles. The number of fused-ring (bicyclic) bond motifs is 1. The largest absolute Gasteiger partial charge is 0.368 e. The lowest BCUT2D eigenvalue weighted by molar-refractivity contribution is -0.141. The van der Waals surface area contributed by atoms with Crippen LogP contribution >= 0.6 is 11.8 Å². The highest BCUT2D eigenvalue weighted by Gasteiger charge is 2.54. The summed E-state index contributed by atoms with van der Waals surface area (Å²) < 4.78 is 0. The van der Waals surface area contributed by atoms with E-state index in [-0.39, 0.29) is 16.7 Å². The van der Waals surface area contributed by atoms with Gasteiger partial charge >= 0.3 is 0 Å². The van der Waals surface area contributed by atoms with Crippen molar-refractivity contribution in [1.29, 1.82) is 0 Å². The van der Waals surface area contributed by atoms with E-state index in [1.807, 2.05) is 6.92 Å². The highest BCUT2D eigenvalue weighted by molar-refractivity contribution is 8.01. The average molecular weight is 325 g/mol. The molecule has 3 aliphatic rings. The molecule has 2 heterocycles. The predicted molar refractivity (Wildman–Crippen MR) is 83.9 cm³/mol. The van der Waals surface area contributed by atoms with Gasteiger partial charge in [0.25, 0.3) is 0 Å². The Morgan fingerprint density at radius 1 is 1.27 bits per heavy atom. The predicted octanol–water partition coefficient (Wildman–Crippen LogP) is 0.745. The van der Waals surface area contributed by atoms with Crippen molar-refractivity contribution < 1.29 is 14.4 Å². The third kappa shape index (κ3) is 2.39. The van der Waals surface area contributed by atoms with Gasteiger partial charge in [-0.15, -0.1) is 11.8 Å². The molecule has 7 heteroatoms. The van der Waals surface area contributed by atoms with Crippen LogP contribution in [0.3, 0.4) is 0 Å². The Morgan fingerprint density at radius 2 is 1.95 bits per heavy atom. The molecule has 2 saturated heterocycles. The molecule has 6 nitrogen and oxygen atoms in total. The first kappa shape index (κ1) is 15.6. The quantitative estimate of drug-likeness (QED) is 0.800. The molecule has 0 bridgehead atoms. The lowest BCUT2D eigenvalue weighted by Crippen LogP contribution is -2.62.